The standard InChI is InChI=1S/C12H15N3O4/c1-12(2,8-16)7-13-14-11(17)9-3-5-10(6-4-9)15(18)19/h3-7,16H,8H2,1-2H3,(H,14,17)/b13-7+. The quantitative estimate of drug-likeness (QED) is 0.476. The monoisotopic (exact) mass is 265 g/mol. The number of amides is 1. The lowest BCUT2D eigenvalue weighted by atomic mass is 9.97. The molecule has 0 unspecified atom stereocenters. The molecule has 0 aliphatic heterocycles. The molecule has 0 saturated carbocycles. The zero-order valence-corrected chi connectivity index (χ0v) is 10.7. The summed E-state index contributed by atoms with van der Waals surface area (Å²) in [6, 6.07) is 5.19. The highest BCUT2D eigenvalue weighted by Gasteiger charge is 2.13. The fourth-order valence-electron chi connectivity index (χ4n) is 1.11. The minimum Gasteiger partial charge on any atom is -0.395 e. The van der Waals surface area contributed by atoms with Crippen LogP contribution in [0.25, 0.3) is 0 Å². The molecule has 1 amide bonds. The highest BCUT2D eigenvalue weighted by molar-refractivity contribution is 5.94. The Morgan fingerprint density at radius 2 is 2.05 bits per heavy atom. The number of hydrogen-bond donors (Lipinski definition) is 2. The van der Waals surface area contributed by atoms with E-state index in [1.165, 1.54) is 30.5 Å². The van der Waals surface area contributed by atoms with Crippen LogP contribution in [0.4, 0.5) is 5.69 Å². The smallest absolute Gasteiger partial charge is 0.271 e. The number of aliphatic hydroxyl groups excluding tert-OH is 1. The summed E-state index contributed by atoms with van der Waals surface area (Å²) in [7, 11) is 0. The molecule has 0 aliphatic carbocycles. The Labute approximate surface area is 110 Å². The van der Waals surface area contributed by atoms with Gasteiger partial charge in [-0.05, 0) is 12.1 Å². The molecule has 7 heteroatoms. The number of nitro benzene ring substituents is 1. The van der Waals surface area contributed by atoms with Gasteiger partial charge < -0.3 is 5.11 Å². The second kappa shape index (κ2) is 6.05. The number of hydrazone groups is 1. The van der Waals surface area contributed by atoms with Crippen molar-refractivity contribution in [1.82, 2.24) is 5.43 Å². The van der Waals surface area contributed by atoms with Crippen molar-refractivity contribution in [3.63, 3.8) is 0 Å². The van der Waals surface area contributed by atoms with Crippen molar-refractivity contribution < 1.29 is 14.8 Å². The summed E-state index contributed by atoms with van der Waals surface area (Å²) >= 11 is 0. The molecule has 1 rings (SSSR count). The zero-order valence-electron chi connectivity index (χ0n) is 10.7. The lowest BCUT2D eigenvalue weighted by molar-refractivity contribution is -0.384. The fourth-order valence-corrected chi connectivity index (χ4v) is 1.11. The average Bonchev–Trinajstić information content (AvgIpc) is 2.38. The molecule has 0 saturated heterocycles. The number of non-ortho nitro benzene ring substituents is 1. The van der Waals surface area contributed by atoms with Gasteiger partial charge in [0.1, 0.15) is 0 Å². The number of benzene rings is 1. The first-order valence-corrected chi connectivity index (χ1v) is 5.55. The van der Waals surface area contributed by atoms with E-state index in [1.807, 2.05) is 0 Å². The van der Waals surface area contributed by atoms with Crippen molar-refractivity contribution in [2.45, 2.75) is 13.8 Å². The van der Waals surface area contributed by atoms with Crippen LogP contribution in [0.5, 0.6) is 0 Å². The third-order valence-corrected chi connectivity index (χ3v) is 2.33. The molecule has 0 bridgehead atoms. The van der Waals surface area contributed by atoms with Gasteiger partial charge in [0.05, 0.1) is 11.5 Å². The van der Waals surface area contributed by atoms with Crippen LogP contribution >= 0.6 is 0 Å². The number of rotatable bonds is 5. The topological polar surface area (TPSA) is 105 Å². The molecule has 102 valence electrons. The molecular formula is C12H15N3O4. The number of nitrogens with zero attached hydrogens (tertiary/aromatic N) is 2. The molecule has 0 aromatic heterocycles. The molecule has 7 nitrogen and oxygen atoms in total. The predicted octanol–water partition coefficient (Wildman–Crippen LogP) is 1.33. The molecule has 0 spiro atoms. The van der Waals surface area contributed by atoms with Crippen molar-refractivity contribution in [3.8, 4) is 0 Å². The number of nitro groups is 1. The maximum absolute atomic E-state index is 11.6. The van der Waals surface area contributed by atoms with Gasteiger partial charge in [0.25, 0.3) is 11.6 Å². The predicted molar refractivity (Wildman–Crippen MR) is 69.9 cm³/mol. The van der Waals surface area contributed by atoms with Crippen LogP contribution in [-0.2, 0) is 0 Å². The van der Waals surface area contributed by atoms with Crippen LogP contribution in [-0.4, -0.2) is 28.8 Å². The summed E-state index contributed by atoms with van der Waals surface area (Å²) in [5, 5.41) is 23.2. The molecule has 0 atom stereocenters. The Hall–Kier alpha value is -2.28. The van der Waals surface area contributed by atoms with Gasteiger partial charge in [-0.15, -0.1) is 0 Å². The third-order valence-electron chi connectivity index (χ3n) is 2.33. The van der Waals surface area contributed by atoms with Crippen molar-refractivity contribution in [2.24, 2.45) is 10.5 Å². The van der Waals surface area contributed by atoms with Crippen LogP contribution in [0.15, 0.2) is 29.4 Å². The van der Waals surface area contributed by atoms with E-state index in [0.29, 0.717) is 0 Å². The SMILES string of the molecule is CC(C)(/C=N/NC(=O)c1ccc([N+](=O)[O-])cc1)CO. The Bertz CT molecular complexity index is 494. The Morgan fingerprint density at radius 1 is 1.47 bits per heavy atom. The molecule has 0 fully saturated rings. The molecule has 2 N–H and O–H groups in total. The Morgan fingerprint density at radius 3 is 2.53 bits per heavy atom. The first kappa shape index (κ1) is 14.8. The number of carbonyl (C=O) groups excluding carboxylic acids is 1. The van der Waals surface area contributed by atoms with Crippen molar-refractivity contribution in [2.75, 3.05) is 6.61 Å². The summed E-state index contributed by atoms with van der Waals surface area (Å²) in [4.78, 5) is 21.6. The van der Waals surface area contributed by atoms with Crippen LogP contribution in [0.2, 0.25) is 0 Å². The maximum Gasteiger partial charge on any atom is 0.271 e. The fraction of sp³-hybridized carbons (Fsp3) is 0.333. The number of hydrogen-bond acceptors (Lipinski definition) is 5. The molecule has 1 aromatic carbocycles. The van der Waals surface area contributed by atoms with Gasteiger partial charge in [-0.25, -0.2) is 5.43 Å². The highest BCUT2D eigenvalue weighted by atomic mass is 16.6. The Kier molecular flexibility index (Phi) is 4.71. The molecule has 19 heavy (non-hydrogen) atoms. The summed E-state index contributed by atoms with van der Waals surface area (Å²) < 4.78 is 0. The lowest BCUT2D eigenvalue weighted by Crippen LogP contribution is -2.23. The number of aliphatic hydroxyl groups is 1. The van der Waals surface area contributed by atoms with Crippen LogP contribution in [0.3, 0.4) is 0 Å². The van der Waals surface area contributed by atoms with Crippen LogP contribution in [0, 0.1) is 15.5 Å². The van der Waals surface area contributed by atoms with E-state index in [0.717, 1.165) is 0 Å². The van der Waals surface area contributed by atoms with Gasteiger partial charge in [0.2, 0.25) is 0 Å². The van der Waals surface area contributed by atoms with E-state index in [2.05, 4.69) is 10.5 Å². The van der Waals surface area contributed by atoms with Crippen molar-refractivity contribution in [3.05, 3.63) is 39.9 Å². The number of carbonyl (C=O) groups is 1. The maximum atomic E-state index is 11.6. The zero-order chi connectivity index (χ0) is 14.5. The normalized spacial score (nSPS) is 11.5. The minimum atomic E-state index is -0.538. The van der Waals surface area contributed by atoms with Gasteiger partial charge in [0.15, 0.2) is 0 Å². The largest absolute Gasteiger partial charge is 0.395 e. The van der Waals surface area contributed by atoms with Gasteiger partial charge in [-0.2, -0.15) is 5.10 Å². The Balaban J connectivity index is 2.66. The van der Waals surface area contributed by atoms with E-state index in [4.69, 9.17) is 5.11 Å². The van der Waals surface area contributed by atoms with E-state index >= 15 is 0 Å². The molecular weight excluding hydrogens is 250 g/mol. The molecule has 1 aromatic rings. The van der Waals surface area contributed by atoms with E-state index in [9.17, 15) is 14.9 Å². The van der Waals surface area contributed by atoms with Crippen molar-refractivity contribution in [1.29, 1.82) is 0 Å². The lowest BCUT2D eigenvalue weighted by Gasteiger charge is -2.14. The van der Waals surface area contributed by atoms with Crippen LogP contribution in [0.1, 0.15) is 24.2 Å². The first-order valence-electron chi connectivity index (χ1n) is 5.55. The van der Waals surface area contributed by atoms with E-state index < -0.39 is 16.2 Å². The van der Waals surface area contributed by atoms with Gasteiger partial charge in [0, 0.05) is 29.3 Å². The van der Waals surface area contributed by atoms with E-state index in [-0.39, 0.29) is 17.9 Å². The summed E-state index contributed by atoms with van der Waals surface area (Å²) in [5.74, 6) is -0.472. The summed E-state index contributed by atoms with van der Waals surface area (Å²) in [6.07, 6.45) is 1.43. The van der Waals surface area contributed by atoms with E-state index in [1.54, 1.807) is 13.8 Å². The first-order chi connectivity index (χ1) is 8.85. The third kappa shape index (κ3) is 4.47. The second-order valence-electron chi connectivity index (χ2n) is 4.65. The van der Waals surface area contributed by atoms with Gasteiger partial charge >= 0.3 is 0 Å². The van der Waals surface area contributed by atoms with Crippen LogP contribution < -0.4 is 5.43 Å². The highest BCUT2D eigenvalue weighted by Crippen LogP contribution is 2.12. The summed E-state index contributed by atoms with van der Waals surface area (Å²) in [5.41, 5.74) is 1.95. The average molecular weight is 265 g/mol. The summed E-state index contributed by atoms with van der Waals surface area (Å²) in [6.45, 7) is 3.42. The second-order valence-corrected chi connectivity index (χ2v) is 4.65. The molecule has 0 radical (unpaired) electrons. The van der Waals surface area contributed by atoms with Gasteiger partial charge in [-0.3, -0.25) is 14.9 Å². The van der Waals surface area contributed by atoms with Gasteiger partial charge in [-0.1, -0.05) is 13.8 Å². The molecule has 0 aliphatic rings. The molecule has 0 heterocycles. The number of nitrogens with one attached hydrogen (secondary N) is 1. The minimum absolute atomic E-state index is 0.0820. The van der Waals surface area contributed by atoms with Crippen molar-refractivity contribution >= 4 is 17.8 Å².